The zero-order valence-corrected chi connectivity index (χ0v) is 11.6. The predicted octanol–water partition coefficient (Wildman–Crippen LogP) is 1.82. The van der Waals surface area contributed by atoms with Crippen LogP contribution in [0.25, 0.3) is 0 Å². The first kappa shape index (κ1) is 14.6. The number of aromatic nitrogens is 1. The highest BCUT2D eigenvalue weighted by molar-refractivity contribution is 7.03. The van der Waals surface area contributed by atoms with Crippen molar-refractivity contribution >= 4 is 23.5 Å². The number of carbonyl (C=O) groups excluding carboxylic acids is 2. The van der Waals surface area contributed by atoms with Gasteiger partial charge in [0.15, 0.2) is 5.41 Å². The molecule has 0 atom stereocenters. The maximum atomic E-state index is 12.0. The van der Waals surface area contributed by atoms with E-state index in [-0.39, 0.29) is 19.6 Å². The Labute approximate surface area is 110 Å². The van der Waals surface area contributed by atoms with Crippen molar-refractivity contribution < 1.29 is 19.1 Å². The molecule has 1 heterocycles. The SMILES string of the molecule is CCOC(=O)C(C)(Cc1ccsn1)C(=O)OCC. The molecule has 18 heavy (non-hydrogen) atoms. The van der Waals surface area contributed by atoms with Gasteiger partial charge in [-0.3, -0.25) is 9.59 Å². The molecule has 0 saturated carbocycles. The highest BCUT2D eigenvalue weighted by Crippen LogP contribution is 2.26. The van der Waals surface area contributed by atoms with Crippen LogP contribution in [0.2, 0.25) is 0 Å². The Bertz CT molecular complexity index is 384. The van der Waals surface area contributed by atoms with Gasteiger partial charge in [0.1, 0.15) is 0 Å². The predicted molar refractivity (Wildman–Crippen MR) is 67.2 cm³/mol. The molecule has 0 fully saturated rings. The smallest absolute Gasteiger partial charge is 0.323 e. The van der Waals surface area contributed by atoms with E-state index in [0.29, 0.717) is 5.69 Å². The van der Waals surface area contributed by atoms with Gasteiger partial charge in [-0.15, -0.1) is 0 Å². The number of nitrogens with zero attached hydrogens (tertiary/aromatic N) is 1. The monoisotopic (exact) mass is 271 g/mol. The Hall–Kier alpha value is -1.43. The van der Waals surface area contributed by atoms with E-state index in [1.54, 1.807) is 25.3 Å². The minimum atomic E-state index is -1.33. The zero-order valence-electron chi connectivity index (χ0n) is 10.8. The molecule has 5 nitrogen and oxygen atoms in total. The number of rotatable bonds is 6. The van der Waals surface area contributed by atoms with Gasteiger partial charge in [0.25, 0.3) is 0 Å². The summed E-state index contributed by atoms with van der Waals surface area (Å²) >= 11 is 1.28. The van der Waals surface area contributed by atoms with Gasteiger partial charge in [0.2, 0.25) is 0 Å². The molecule has 0 aliphatic rings. The topological polar surface area (TPSA) is 65.5 Å². The summed E-state index contributed by atoms with van der Waals surface area (Å²) < 4.78 is 14.0. The van der Waals surface area contributed by atoms with Crippen LogP contribution in [0.15, 0.2) is 11.4 Å². The van der Waals surface area contributed by atoms with E-state index < -0.39 is 17.4 Å². The van der Waals surface area contributed by atoms with Crippen molar-refractivity contribution in [2.24, 2.45) is 5.41 Å². The van der Waals surface area contributed by atoms with E-state index in [9.17, 15) is 9.59 Å². The summed E-state index contributed by atoms with van der Waals surface area (Å²) in [5.41, 5.74) is -0.649. The Balaban J connectivity index is 2.92. The molecule has 0 aliphatic heterocycles. The van der Waals surface area contributed by atoms with Crippen LogP contribution in [0, 0.1) is 5.41 Å². The molecule has 0 bridgehead atoms. The summed E-state index contributed by atoms with van der Waals surface area (Å²) in [5, 5.41) is 1.80. The Morgan fingerprint density at radius 2 is 1.83 bits per heavy atom. The Morgan fingerprint density at radius 1 is 1.28 bits per heavy atom. The Morgan fingerprint density at radius 3 is 2.22 bits per heavy atom. The van der Waals surface area contributed by atoms with Crippen LogP contribution in [-0.4, -0.2) is 29.5 Å². The Kier molecular flexibility index (Phi) is 5.27. The average Bonchev–Trinajstić information content (AvgIpc) is 2.82. The second kappa shape index (κ2) is 6.49. The first-order chi connectivity index (χ1) is 8.54. The summed E-state index contributed by atoms with van der Waals surface area (Å²) in [5.74, 6) is -1.15. The molecule has 0 radical (unpaired) electrons. The van der Waals surface area contributed by atoms with Gasteiger partial charge in [-0.2, -0.15) is 4.37 Å². The standard InChI is InChI=1S/C12H17NO4S/c1-4-16-10(14)12(3,11(15)17-5-2)8-9-6-7-18-13-9/h6-7H,4-5,8H2,1-3H3. The highest BCUT2D eigenvalue weighted by Gasteiger charge is 2.44. The summed E-state index contributed by atoms with van der Waals surface area (Å²) in [6.07, 6.45) is 0.189. The average molecular weight is 271 g/mol. The first-order valence-electron chi connectivity index (χ1n) is 5.78. The number of ether oxygens (including phenoxy) is 2. The first-order valence-corrected chi connectivity index (χ1v) is 6.62. The van der Waals surface area contributed by atoms with Crippen LogP contribution in [0.1, 0.15) is 26.5 Å². The maximum Gasteiger partial charge on any atom is 0.323 e. The second-order valence-electron chi connectivity index (χ2n) is 3.94. The molecule has 1 aromatic heterocycles. The van der Waals surface area contributed by atoms with Crippen LogP contribution >= 0.6 is 11.5 Å². The minimum absolute atomic E-state index is 0.189. The molecule has 0 aromatic carbocycles. The molecule has 6 heteroatoms. The fourth-order valence-electron chi connectivity index (χ4n) is 1.50. The van der Waals surface area contributed by atoms with Crippen molar-refractivity contribution in [3.63, 3.8) is 0 Å². The third-order valence-corrected chi connectivity index (χ3v) is 3.08. The van der Waals surface area contributed by atoms with Crippen molar-refractivity contribution in [3.05, 3.63) is 17.1 Å². The maximum absolute atomic E-state index is 12.0. The quantitative estimate of drug-likeness (QED) is 0.583. The highest BCUT2D eigenvalue weighted by atomic mass is 32.1. The van der Waals surface area contributed by atoms with E-state index in [1.165, 1.54) is 18.5 Å². The van der Waals surface area contributed by atoms with E-state index in [1.807, 2.05) is 0 Å². The van der Waals surface area contributed by atoms with Crippen molar-refractivity contribution in [3.8, 4) is 0 Å². The van der Waals surface area contributed by atoms with Gasteiger partial charge < -0.3 is 9.47 Å². The molecule has 0 saturated heterocycles. The lowest BCUT2D eigenvalue weighted by Crippen LogP contribution is -2.41. The molecule has 100 valence electrons. The molecule has 1 aromatic rings. The molecule has 0 unspecified atom stereocenters. The van der Waals surface area contributed by atoms with Crippen molar-refractivity contribution in [1.82, 2.24) is 4.37 Å². The van der Waals surface area contributed by atoms with E-state index in [4.69, 9.17) is 9.47 Å². The van der Waals surface area contributed by atoms with Gasteiger partial charge in [-0.05, 0) is 38.4 Å². The molecule has 0 spiro atoms. The van der Waals surface area contributed by atoms with Crippen LogP contribution in [0.4, 0.5) is 0 Å². The third kappa shape index (κ3) is 3.29. The van der Waals surface area contributed by atoms with Crippen LogP contribution in [0.3, 0.4) is 0 Å². The summed E-state index contributed by atoms with van der Waals surface area (Å²) in [4.78, 5) is 23.9. The van der Waals surface area contributed by atoms with E-state index in [0.717, 1.165) is 0 Å². The van der Waals surface area contributed by atoms with Gasteiger partial charge in [-0.25, -0.2) is 0 Å². The lowest BCUT2D eigenvalue weighted by atomic mass is 9.85. The molecule has 0 aliphatic carbocycles. The molecule has 0 amide bonds. The molecule has 1 rings (SSSR count). The number of esters is 2. The largest absolute Gasteiger partial charge is 0.465 e. The number of hydrogen-bond acceptors (Lipinski definition) is 6. The van der Waals surface area contributed by atoms with Gasteiger partial charge in [0.05, 0.1) is 18.9 Å². The number of hydrogen-bond donors (Lipinski definition) is 0. The van der Waals surface area contributed by atoms with Crippen molar-refractivity contribution in [2.45, 2.75) is 27.2 Å². The summed E-state index contributed by atoms with van der Waals surface area (Å²) in [6, 6.07) is 1.78. The zero-order chi connectivity index (χ0) is 13.6. The van der Waals surface area contributed by atoms with Gasteiger partial charge in [-0.1, -0.05) is 0 Å². The van der Waals surface area contributed by atoms with Gasteiger partial charge in [0, 0.05) is 11.8 Å². The lowest BCUT2D eigenvalue weighted by Gasteiger charge is -2.24. The molecular weight excluding hydrogens is 254 g/mol. The summed E-state index contributed by atoms with van der Waals surface area (Å²) in [6.45, 7) is 5.39. The fourth-order valence-corrected chi connectivity index (χ4v) is 2.04. The second-order valence-corrected chi connectivity index (χ2v) is 4.61. The van der Waals surface area contributed by atoms with Crippen LogP contribution in [-0.2, 0) is 25.5 Å². The van der Waals surface area contributed by atoms with Crippen molar-refractivity contribution in [2.75, 3.05) is 13.2 Å². The van der Waals surface area contributed by atoms with Crippen LogP contribution in [0.5, 0.6) is 0 Å². The normalized spacial score (nSPS) is 11.1. The van der Waals surface area contributed by atoms with Gasteiger partial charge >= 0.3 is 11.9 Å². The van der Waals surface area contributed by atoms with Crippen LogP contribution < -0.4 is 0 Å². The third-order valence-electron chi connectivity index (χ3n) is 2.48. The number of carbonyl (C=O) groups is 2. The summed E-state index contributed by atoms with van der Waals surface area (Å²) in [7, 11) is 0. The molecule has 0 N–H and O–H groups in total. The molecular formula is C12H17NO4S. The van der Waals surface area contributed by atoms with Crippen molar-refractivity contribution in [1.29, 1.82) is 0 Å². The van der Waals surface area contributed by atoms with E-state index in [2.05, 4.69) is 4.37 Å². The lowest BCUT2D eigenvalue weighted by molar-refractivity contribution is -0.170. The van der Waals surface area contributed by atoms with E-state index >= 15 is 0 Å². The minimum Gasteiger partial charge on any atom is -0.465 e. The fraction of sp³-hybridized carbons (Fsp3) is 0.583.